The Balaban J connectivity index is 2.66. The van der Waals surface area contributed by atoms with Crippen molar-refractivity contribution in [2.75, 3.05) is 0 Å². The van der Waals surface area contributed by atoms with Crippen molar-refractivity contribution in [3.05, 3.63) is 22.4 Å². The topological polar surface area (TPSA) is 62.4 Å². The zero-order chi connectivity index (χ0) is 11.3. The minimum absolute atomic E-state index is 0.119. The van der Waals surface area contributed by atoms with Gasteiger partial charge in [0.2, 0.25) is 5.96 Å². The smallest absolute Gasteiger partial charge is 0.206 e. The van der Waals surface area contributed by atoms with Crippen LogP contribution in [0.3, 0.4) is 0 Å². The lowest BCUT2D eigenvalue weighted by atomic mass is 10.2. The molecule has 5 heteroatoms. The van der Waals surface area contributed by atoms with E-state index in [1.807, 2.05) is 26.2 Å². The maximum Gasteiger partial charge on any atom is 0.206 e. The first-order chi connectivity index (χ1) is 7.13. The lowest BCUT2D eigenvalue weighted by Crippen LogP contribution is -2.44. The van der Waals surface area contributed by atoms with Crippen LogP contribution in [0, 0.1) is 0 Å². The summed E-state index contributed by atoms with van der Waals surface area (Å²) >= 11 is 1.68. The summed E-state index contributed by atoms with van der Waals surface area (Å²) in [5.41, 5.74) is 3.78. The van der Waals surface area contributed by atoms with E-state index in [0.29, 0.717) is 12.0 Å². The van der Waals surface area contributed by atoms with Crippen molar-refractivity contribution in [2.24, 2.45) is 10.8 Å². The number of nitrogens with zero attached hydrogens (tertiary/aromatic N) is 1. The van der Waals surface area contributed by atoms with E-state index in [1.165, 1.54) is 5.56 Å². The summed E-state index contributed by atoms with van der Waals surface area (Å²) in [4.78, 5) is 4.45. The van der Waals surface area contributed by atoms with E-state index in [4.69, 9.17) is 5.84 Å². The predicted molar refractivity (Wildman–Crippen MR) is 65.8 cm³/mol. The predicted octanol–water partition coefficient (Wildman–Crippen LogP) is 1.63. The molecule has 1 rings (SSSR count). The van der Waals surface area contributed by atoms with Crippen molar-refractivity contribution in [2.45, 2.75) is 32.9 Å². The molecular weight excluding hydrogens is 208 g/mol. The molecule has 0 fully saturated rings. The highest BCUT2D eigenvalue weighted by atomic mass is 32.1. The number of thiophene rings is 1. The monoisotopic (exact) mass is 226 g/mol. The van der Waals surface area contributed by atoms with Crippen molar-refractivity contribution in [3.63, 3.8) is 0 Å². The highest BCUT2D eigenvalue weighted by Crippen LogP contribution is 2.18. The molecule has 0 bridgehead atoms. The van der Waals surface area contributed by atoms with E-state index in [1.54, 1.807) is 11.3 Å². The average Bonchev–Trinajstić information content (AvgIpc) is 2.68. The molecule has 0 amide bonds. The molecule has 1 heterocycles. The third kappa shape index (κ3) is 3.89. The van der Waals surface area contributed by atoms with E-state index >= 15 is 0 Å². The van der Waals surface area contributed by atoms with E-state index in [9.17, 15) is 0 Å². The number of aliphatic imine (C=N–C) groups is 1. The van der Waals surface area contributed by atoms with Gasteiger partial charge in [-0.25, -0.2) is 10.8 Å². The molecule has 0 aliphatic carbocycles. The van der Waals surface area contributed by atoms with Crippen LogP contribution >= 0.6 is 11.3 Å². The average molecular weight is 226 g/mol. The van der Waals surface area contributed by atoms with Crippen LogP contribution in [-0.2, 0) is 0 Å². The normalized spacial score (nSPS) is 14.1. The standard InChI is InChI=1S/C10H18N4S/c1-7(2)12-10(14-11)13-8(3)9-4-5-15-6-9/h4-8H,11H2,1-3H3,(H2,12,13,14). The quantitative estimate of drug-likeness (QED) is 0.318. The number of nitrogens with two attached hydrogens (primary N) is 1. The summed E-state index contributed by atoms with van der Waals surface area (Å²) in [7, 11) is 0. The summed E-state index contributed by atoms with van der Waals surface area (Å²) in [6.07, 6.45) is 0. The van der Waals surface area contributed by atoms with E-state index < -0.39 is 0 Å². The molecule has 1 atom stereocenters. The molecule has 0 aliphatic rings. The summed E-state index contributed by atoms with van der Waals surface area (Å²) in [6, 6.07) is 2.51. The molecule has 0 aromatic carbocycles. The van der Waals surface area contributed by atoms with Gasteiger partial charge in [-0.1, -0.05) is 0 Å². The van der Waals surface area contributed by atoms with Crippen LogP contribution in [0.5, 0.6) is 0 Å². The van der Waals surface area contributed by atoms with Gasteiger partial charge in [-0.15, -0.1) is 0 Å². The second-order valence-electron chi connectivity index (χ2n) is 3.65. The van der Waals surface area contributed by atoms with Gasteiger partial charge in [-0.3, -0.25) is 5.43 Å². The molecule has 1 aromatic heterocycles. The molecule has 0 saturated carbocycles. The number of hydrogen-bond donors (Lipinski definition) is 3. The third-order valence-corrected chi connectivity index (χ3v) is 2.61. The van der Waals surface area contributed by atoms with E-state index in [0.717, 1.165) is 0 Å². The molecule has 0 radical (unpaired) electrons. The maximum atomic E-state index is 5.38. The molecule has 4 nitrogen and oxygen atoms in total. The number of hydrogen-bond acceptors (Lipinski definition) is 3. The summed E-state index contributed by atoms with van der Waals surface area (Å²) in [6.45, 7) is 6.13. The maximum absolute atomic E-state index is 5.38. The van der Waals surface area contributed by atoms with Crippen LogP contribution in [-0.4, -0.2) is 12.0 Å². The highest BCUT2D eigenvalue weighted by Gasteiger charge is 2.06. The molecule has 1 unspecified atom stereocenters. The summed E-state index contributed by atoms with van der Waals surface area (Å²) < 4.78 is 0. The van der Waals surface area contributed by atoms with E-state index in [2.05, 4.69) is 27.2 Å². The Morgan fingerprint density at radius 1 is 1.47 bits per heavy atom. The lowest BCUT2D eigenvalue weighted by molar-refractivity contribution is 0.689. The number of nitrogens with one attached hydrogen (secondary N) is 2. The largest absolute Gasteiger partial charge is 0.353 e. The van der Waals surface area contributed by atoms with Crippen LogP contribution in [0.1, 0.15) is 32.4 Å². The summed E-state index contributed by atoms with van der Waals surface area (Å²) in [5.74, 6) is 6.01. The SMILES string of the molecule is CC(C)NC(=NC(C)c1ccsc1)NN. The Hall–Kier alpha value is -1.07. The van der Waals surface area contributed by atoms with Gasteiger partial charge in [0, 0.05) is 6.04 Å². The van der Waals surface area contributed by atoms with Gasteiger partial charge in [0.25, 0.3) is 0 Å². The molecule has 84 valence electrons. The van der Waals surface area contributed by atoms with Crippen LogP contribution in [0.15, 0.2) is 21.8 Å². The number of rotatable bonds is 3. The van der Waals surface area contributed by atoms with Gasteiger partial charge in [-0.05, 0) is 43.2 Å². The van der Waals surface area contributed by atoms with Gasteiger partial charge in [0.1, 0.15) is 0 Å². The Bertz CT molecular complexity index is 305. The second kappa shape index (κ2) is 5.72. The zero-order valence-electron chi connectivity index (χ0n) is 9.32. The zero-order valence-corrected chi connectivity index (χ0v) is 10.1. The molecule has 1 aromatic rings. The first kappa shape index (κ1) is 12.0. The first-order valence-electron chi connectivity index (χ1n) is 4.96. The van der Waals surface area contributed by atoms with Crippen molar-refractivity contribution in [1.29, 1.82) is 0 Å². The molecular formula is C10H18N4S. The fourth-order valence-electron chi connectivity index (χ4n) is 1.17. The summed E-state index contributed by atoms with van der Waals surface area (Å²) in [5, 5.41) is 7.28. The van der Waals surface area contributed by atoms with Gasteiger partial charge in [-0.2, -0.15) is 11.3 Å². The van der Waals surface area contributed by atoms with Crippen molar-refractivity contribution in [3.8, 4) is 0 Å². The van der Waals surface area contributed by atoms with Gasteiger partial charge in [0.15, 0.2) is 0 Å². The number of guanidine groups is 1. The van der Waals surface area contributed by atoms with Crippen LogP contribution in [0.4, 0.5) is 0 Å². The number of hydrazine groups is 1. The fourth-order valence-corrected chi connectivity index (χ4v) is 1.92. The Kier molecular flexibility index (Phi) is 4.58. The molecule has 0 spiro atoms. The minimum Gasteiger partial charge on any atom is -0.353 e. The molecule has 15 heavy (non-hydrogen) atoms. The minimum atomic E-state index is 0.119. The first-order valence-corrected chi connectivity index (χ1v) is 5.90. The van der Waals surface area contributed by atoms with Gasteiger partial charge < -0.3 is 5.32 Å². The molecule has 0 saturated heterocycles. The van der Waals surface area contributed by atoms with Crippen LogP contribution < -0.4 is 16.6 Å². The second-order valence-corrected chi connectivity index (χ2v) is 4.43. The van der Waals surface area contributed by atoms with Crippen molar-refractivity contribution in [1.82, 2.24) is 10.7 Å². The van der Waals surface area contributed by atoms with Crippen LogP contribution in [0.25, 0.3) is 0 Å². The third-order valence-electron chi connectivity index (χ3n) is 1.91. The Morgan fingerprint density at radius 3 is 2.67 bits per heavy atom. The Morgan fingerprint density at radius 2 is 2.20 bits per heavy atom. The molecule has 4 N–H and O–H groups in total. The van der Waals surface area contributed by atoms with Gasteiger partial charge in [0.05, 0.1) is 6.04 Å². The molecule has 0 aliphatic heterocycles. The Labute approximate surface area is 94.6 Å². The lowest BCUT2D eigenvalue weighted by Gasteiger charge is -2.14. The fraction of sp³-hybridized carbons (Fsp3) is 0.500. The van der Waals surface area contributed by atoms with Crippen molar-refractivity contribution < 1.29 is 0 Å². The van der Waals surface area contributed by atoms with Crippen molar-refractivity contribution >= 4 is 17.3 Å². The van der Waals surface area contributed by atoms with Gasteiger partial charge >= 0.3 is 0 Å². The highest BCUT2D eigenvalue weighted by molar-refractivity contribution is 7.07. The van der Waals surface area contributed by atoms with E-state index in [-0.39, 0.29) is 6.04 Å². The van der Waals surface area contributed by atoms with Crippen LogP contribution in [0.2, 0.25) is 0 Å².